The summed E-state index contributed by atoms with van der Waals surface area (Å²) < 4.78 is 0. The van der Waals surface area contributed by atoms with Crippen LogP contribution < -0.4 is 11.1 Å². The number of nitriles is 1. The van der Waals surface area contributed by atoms with Crippen molar-refractivity contribution in [2.75, 3.05) is 6.54 Å². The maximum Gasteiger partial charge on any atom is 0.110 e. The van der Waals surface area contributed by atoms with Gasteiger partial charge in [0.15, 0.2) is 0 Å². The first-order valence-corrected chi connectivity index (χ1v) is 3.88. The van der Waals surface area contributed by atoms with Gasteiger partial charge in [0.2, 0.25) is 0 Å². The molecule has 0 aliphatic carbocycles. The van der Waals surface area contributed by atoms with Gasteiger partial charge in [-0.05, 0) is 12.8 Å². The molecule has 0 aliphatic rings. The molecule has 0 aromatic heterocycles. The van der Waals surface area contributed by atoms with Crippen LogP contribution in [0.15, 0.2) is 11.4 Å². The predicted octanol–water partition coefficient (Wildman–Crippen LogP) is 1.09. The Kier molecular flexibility index (Phi) is 5.01. The molecular weight excluding hydrogens is 138 g/mol. The number of rotatable bonds is 4. The molecule has 0 saturated carbocycles. The Labute approximate surface area is 67.9 Å². The molecule has 0 aromatic rings. The molecule has 3 nitrogen and oxygen atoms in total. The quantitative estimate of drug-likeness (QED) is 0.594. The Morgan fingerprint density at radius 1 is 1.55 bits per heavy atom. The zero-order chi connectivity index (χ0) is 8.69. The van der Waals surface area contributed by atoms with E-state index < -0.39 is 0 Å². The summed E-state index contributed by atoms with van der Waals surface area (Å²) in [6.07, 6.45) is 1.71. The fourth-order valence-electron chi connectivity index (χ4n) is 0.696. The van der Waals surface area contributed by atoms with Crippen LogP contribution >= 0.6 is 0 Å². The number of nitrogens with one attached hydrogen (secondary N) is 1. The zero-order valence-electron chi connectivity index (χ0n) is 7.15. The monoisotopic (exact) mass is 153 g/mol. The molecule has 62 valence electrons. The van der Waals surface area contributed by atoms with Crippen molar-refractivity contribution in [1.82, 2.24) is 5.32 Å². The fourth-order valence-corrected chi connectivity index (χ4v) is 0.696. The molecule has 0 heterocycles. The Hall–Kier alpha value is -1.17. The summed E-state index contributed by atoms with van der Waals surface area (Å²) in [5.41, 5.74) is 6.21. The highest BCUT2D eigenvalue weighted by atomic mass is 15.0. The molecular formula is C8H15N3. The molecule has 3 N–H and O–H groups in total. The van der Waals surface area contributed by atoms with Gasteiger partial charge in [0.25, 0.3) is 0 Å². The number of hydrogen-bond acceptors (Lipinski definition) is 3. The molecule has 0 saturated heterocycles. The second-order valence-corrected chi connectivity index (χ2v) is 2.28. The maximum absolute atomic E-state index is 8.57. The Bertz CT molecular complexity index is 176. The van der Waals surface area contributed by atoms with Crippen LogP contribution in [0.5, 0.6) is 0 Å². The molecule has 3 heteroatoms. The van der Waals surface area contributed by atoms with Gasteiger partial charge >= 0.3 is 0 Å². The van der Waals surface area contributed by atoms with Gasteiger partial charge in [0, 0.05) is 6.54 Å². The highest BCUT2D eigenvalue weighted by Gasteiger charge is 1.97. The molecule has 0 spiro atoms. The average molecular weight is 153 g/mol. The molecule has 0 atom stereocenters. The lowest BCUT2D eigenvalue weighted by molar-refractivity contribution is 0.750. The van der Waals surface area contributed by atoms with Gasteiger partial charge in [-0.3, -0.25) is 0 Å². The highest BCUT2D eigenvalue weighted by Crippen LogP contribution is 1.99. The highest BCUT2D eigenvalue weighted by molar-refractivity contribution is 5.24. The maximum atomic E-state index is 8.57. The van der Waals surface area contributed by atoms with E-state index in [-0.39, 0.29) is 0 Å². The van der Waals surface area contributed by atoms with E-state index in [0.717, 1.165) is 13.0 Å². The van der Waals surface area contributed by atoms with Crippen LogP contribution in [-0.4, -0.2) is 6.54 Å². The van der Waals surface area contributed by atoms with E-state index in [0.29, 0.717) is 17.8 Å². The summed E-state index contributed by atoms with van der Waals surface area (Å²) >= 11 is 0. The van der Waals surface area contributed by atoms with Crippen molar-refractivity contribution in [2.45, 2.75) is 26.7 Å². The van der Waals surface area contributed by atoms with Crippen LogP contribution in [0, 0.1) is 11.3 Å². The first kappa shape index (κ1) is 9.83. The van der Waals surface area contributed by atoms with Gasteiger partial charge in [-0.2, -0.15) is 5.26 Å². The van der Waals surface area contributed by atoms with Crippen molar-refractivity contribution in [3.63, 3.8) is 0 Å². The third-order valence-electron chi connectivity index (χ3n) is 1.38. The molecule has 0 aromatic carbocycles. The predicted molar refractivity (Wildman–Crippen MR) is 45.4 cm³/mol. The van der Waals surface area contributed by atoms with Crippen molar-refractivity contribution in [3.05, 3.63) is 11.4 Å². The SMILES string of the molecule is CCCN/C(N)=C(/C#N)CC. The van der Waals surface area contributed by atoms with Crippen LogP contribution in [0.2, 0.25) is 0 Å². The molecule has 0 radical (unpaired) electrons. The van der Waals surface area contributed by atoms with Gasteiger partial charge in [-0.25, -0.2) is 0 Å². The van der Waals surface area contributed by atoms with E-state index in [9.17, 15) is 0 Å². The first-order valence-electron chi connectivity index (χ1n) is 3.88. The molecule has 0 amide bonds. The van der Waals surface area contributed by atoms with Gasteiger partial charge < -0.3 is 11.1 Å². The normalized spacial score (nSPS) is 11.7. The number of hydrogen-bond donors (Lipinski definition) is 2. The number of nitrogens with two attached hydrogens (primary N) is 1. The summed E-state index contributed by atoms with van der Waals surface area (Å²) in [5, 5.41) is 11.5. The average Bonchev–Trinajstić information content (AvgIpc) is 2.03. The van der Waals surface area contributed by atoms with Crippen LogP contribution in [0.4, 0.5) is 0 Å². The van der Waals surface area contributed by atoms with E-state index in [4.69, 9.17) is 11.0 Å². The van der Waals surface area contributed by atoms with Crippen molar-refractivity contribution in [1.29, 1.82) is 5.26 Å². The lowest BCUT2D eigenvalue weighted by Crippen LogP contribution is -2.22. The van der Waals surface area contributed by atoms with Gasteiger partial charge in [-0.15, -0.1) is 0 Å². The topological polar surface area (TPSA) is 61.8 Å². The lowest BCUT2D eigenvalue weighted by Gasteiger charge is -2.05. The van der Waals surface area contributed by atoms with Crippen LogP contribution in [0.1, 0.15) is 26.7 Å². The van der Waals surface area contributed by atoms with Crippen LogP contribution in [0.25, 0.3) is 0 Å². The van der Waals surface area contributed by atoms with E-state index in [2.05, 4.69) is 18.3 Å². The van der Waals surface area contributed by atoms with E-state index >= 15 is 0 Å². The largest absolute Gasteiger partial charge is 0.385 e. The lowest BCUT2D eigenvalue weighted by atomic mass is 10.2. The second kappa shape index (κ2) is 5.60. The second-order valence-electron chi connectivity index (χ2n) is 2.28. The number of nitrogens with zero attached hydrogens (tertiary/aromatic N) is 1. The van der Waals surface area contributed by atoms with Gasteiger partial charge in [-0.1, -0.05) is 13.8 Å². The summed E-state index contributed by atoms with van der Waals surface area (Å²) in [6.45, 7) is 4.80. The smallest absolute Gasteiger partial charge is 0.110 e. The third kappa shape index (κ3) is 3.51. The molecule has 0 bridgehead atoms. The molecule has 0 unspecified atom stereocenters. The van der Waals surface area contributed by atoms with Crippen LogP contribution in [-0.2, 0) is 0 Å². The zero-order valence-corrected chi connectivity index (χ0v) is 7.15. The molecule has 0 rings (SSSR count). The summed E-state index contributed by atoms with van der Waals surface area (Å²) in [4.78, 5) is 0. The van der Waals surface area contributed by atoms with Gasteiger partial charge in [0.1, 0.15) is 5.82 Å². The van der Waals surface area contributed by atoms with Crippen LogP contribution in [0.3, 0.4) is 0 Å². The standard InChI is InChI=1S/C8H15N3/c1-3-5-11-8(10)7(4-2)6-9/h11H,3-5,10H2,1-2H3/b8-7+. The van der Waals surface area contributed by atoms with E-state index in [1.54, 1.807) is 0 Å². The third-order valence-corrected chi connectivity index (χ3v) is 1.38. The fraction of sp³-hybridized carbons (Fsp3) is 0.625. The van der Waals surface area contributed by atoms with Crippen molar-refractivity contribution >= 4 is 0 Å². The minimum atomic E-state index is 0.525. The van der Waals surface area contributed by atoms with E-state index in [1.165, 1.54) is 0 Å². The minimum absolute atomic E-state index is 0.525. The van der Waals surface area contributed by atoms with Crippen molar-refractivity contribution in [3.8, 4) is 6.07 Å². The molecule has 11 heavy (non-hydrogen) atoms. The Morgan fingerprint density at radius 3 is 2.55 bits per heavy atom. The van der Waals surface area contributed by atoms with Crippen molar-refractivity contribution in [2.24, 2.45) is 5.73 Å². The Morgan fingerprint density at radius 2 is 2.18 bits per heavy atom. The Balaban J connectivity index is 4.04. The van der Waals surface area contributed by atoms with Crippen molar-refractivity contribution < 1.29 is 0 Å². The van der Waals surface area contributed by atoms with E-state index in [1.807, 2.05) is 6.92 Å². The first-order chi connectivity index (χ1) is 5.26. The van der Waals surface area contributed by atoms with Gasteiger partial charge in [0.05, 0.1) is 11.6 Å². The minimum Gasteiger partial charge on any atom is -0.385 e. The molecule has 0 aliphatic heterocycles. The molecule has 0 fully saturated rings. The summed E-state index contributed by atoms with van der Waals surface area (Å²) in [7, 11) is 0. The summed E-state index contributed by atoms with van der Waals surface area (Å²) in [6, 6.07) is 2.05. The number of allylic oxidation sites excluding steroid dienone is 1. The summed E-state index contributed by atoms with van der Waals surface area (Å²) in [5.74, 6) is 0.525.